The summed E-state index contributed by atoms with van der Waals surface area (Å²) in [6.07, 6.45) is 3.56. The zero-order valence-electron chi connectivity index (χ0n) is 17.6. The van der Waals surface area contributed by atoms with Crippen molar-refractivity contribution in [1.82, 2.24) is 14.3 Å². The fourth-order valence-corrected chi connectivity index (χ4v) is 4.69. The van der Waals surface area contributed by atoms with Gasteiger partial charge < -0.3 is 15.0 Å². The van der Waals surface area contributed by atoms with Gasteiger partial charge in [-0.3, -0.25) is 0 Å². The second-order valence-electron chi connectivity index (χ2n) is 8.58. The van der Waals surface area contributed by atoms with E-state index in [9.17, 15) is 5.11 Å². The van der Waals surface area contributed by atoms with Crippen molar-refractivity contribution in [3.05, 3.63) is 72.1 Å². The van der Waals surface area contributed by atoms with Gasteiger partial charge in [-0.05, 0) is 50.5 Å². The van der Waals surface area contributed by atoms with Gasteiger partial charge >= 0.3 is 0 Å². The van der Waals surface area contributed by atoms with Crippen LogP contribution in [0.25, 0.3) is 27.8 Å². The molecule has 0 saturated heterocycles. The third-order valence-corrected chi connectivity index (χ3v) is 6.09. The third-order valence-electron chi connectivity index (χ3n) is 6.09. The molecule has 2 aromatic heterocycles. The number of hydrogen-bond acceptors (Lipinski definition) is 2. The predicted octanol–water partition coefficient (Wildman–Crippen LogP) is 2.93. The first-order chi connectivity index (χ1) is 14.6. The number of nitrogens with two attached hydrogens (primary N) is 1. The molecule has 0 bridgehead atoms. The van der Waals surface area contributed by atoms with Crippen molar-refractivity contribution >= 4 is 10.9 Å². The van der Waals surface area contributed by atoms with E-state index < -0.39 is 6.10 Å². The minimum absolute atomic E-state index is 0.401. The summed E-state index contributed by atoms with van der Waals surface area (Å²) in [7, 11) is 0. The second-order valence-corrected chi connectivity index (χ2v) is 8.58. The van der Waals surface area contributed by atoms with Crippen molar-refractivity contribution < 1.29 is 10.4 Å². The Morgan fingerprint density at radius 1 is 1.03 bits per heavy atom. The zero-order valence-corrected chi connectivity index (χ0v) is 17.6. The van der Waals surface area contributed by atoms with Crippen molar-refractivity contribution in [2.24, 2.45) is 0 Å². The van der Waals surface area contributed by atoms with Gasteiger partial charge in [-0.25, -0.2) is 4.68 Å². The molecule has 0 unspecified atom stereocenters. The number of aromatic nitrogens is 3. The van der Waals surface area contributed by atoms with E-state index in [2.05, 4.69) is 76.9 Å². The number of hydrogen-bond donors (Lipinski definition) is 2. The van der Waals surface area contributed by atoms with E-state index in [-0.39, 0.29) is 0 Å². The van der Waals surface area contributed by atoms with Crippen LogP contribution >= 0.6 is 0 Å². The summed E-state index contributed by atoms with van der Waals surface area (Å²) in [5, 5.41) is 19.0. The maximum Gasteiger partial charge on any atom is 0.121 e. The molecule has 154 valence electrons. The monoisotopic (exact) mass is 401 g/mol. The summed E-state index contributed by atoms with van der Waals surface area (Å²) >= 11 is 0. The highest BCUT2D eigenvalue weighted by molar-refractivity contribution is 5.93. The van der Waals surface area contributed by atoms with Crippen LogP contribution in [0.3, 0.4) is 0 Å². The zero-order chi connectivity index (χ0) is 20.7. The van der Waals surface area contributed by atoms with E-state index >= 15 is 0 Å². The molecule has 4 aromatic rings. The smallest absolute Gasteiger partial charge is 0.121 e. The lowest BCUT2D eigenvalue weighted by molar-refractivity contribution is -0.688. The first kappa shape index (κ1) is 19.1. The maximum atomic E-state index is 10.8. The van der Waals surface area contributed by atoms with Crippen LogP contribution in [0.1, 0.15) is 25.1 Å². The molecule has 1 atom stereocenters. The molecule has 0 aliphatic heterocycles. The minimum atomic E-state index is -0.401. The van der Waals surface area contributed by atoms with E-state index in [1.54, 1.807) is 0 Å². The average molecular weight is 402 g/mol. The van der Waals surface area contributed by atoms with E-state index in [1.165, 1.54) is 33.4 Å². The first-order valence-electron chi connectivity index (χ1n) is 10.9. The summed E-state index contributed by atoms with van der Waals surface area (Å²) in [6.45, 7) is 5.61. The summed E-state index contributed by atoms with van der Waals surface area (Å²) in [5.74, 6) is 0. The van der Waals surface area contributed by atoms with Gasteiger partial charge in [-0.2, -0.15) is 5.10 Å². The van der Waals surface area contributed by atoms with Crippen LogP contribution in [-0.4, -0.2) is 38.1 Å². The molecule has 2 heterocycles. The number of fused-ring (bicyclic) bond motifs is 5. The number of aliphatic hydroxyl groups is 1. The number of aliphatic hydroxyl groups excluding tert-OH is 1. The van der Waals surface area contributed by atoms with E-state index in [1.807, 2.05) is 12.3 Å². The molecule has 1 aliphatic rings. The quantitative estimate of drug-likeness (QED) is 0.522. The standard InChI is InChI=1S/C25H28N4O/c1-17(2)26-14-19(30)16-28-23-11-7-6-10-20(23)21-12-13-24-22(25(21)28)15-27-29(24)18-8-4-3-5-9-18/h3-11,15,17,19,26,30H,12-14,16H2,1-2H3/p+1/t19-/m0/s1. The molecule has 3 N–H and O–H groups in total. The van der Waals surface area contributed by atoms with Crippen molar-refractivity contribution in [3.8, 4) is 16.9 Å². The number of benzene rings is 2. The second kappa shape index (κ2) is 7.74. The van der Waals surface area contributed by atoms with Crippen molar-refractivity contribution in [2.45, 2.75) is 45.4 Å². The van der Waals surface area contributed by atoms with Gasteiger partial charge in [0.2, 0.25) is 0 Å². The molecule has 5 heteroatoms. The Labute approximate surface area is 177 Å². The lowest BCUT2D eigenvalue weighted by Gasteiger charge is -2.20. The summed E-state index contributed by atoms with van der Waals surface area (Å²) in [6, 6.07) is 19.4. The van der Waals surface area contributed by atoms with Crippen LogP contribution in [0.15, 0.2) is 60.8 Å². The van der Waals surface area contributed by atoms with Gasteiger partial charge in [-0.15, -0.1) is 0 Å². The summed E-state index contributed by atoms with van der Waals surface area (Å²) in [5.41, 5.74) is 7.34. The van der Waals surface area contributed by atoms with Crippen molar-refractivity contribution in [3.63, 3.8) is 0 Å². The van der Waals surface area contributed by atoms with Crippen LogP contribution < -0.4 is 5.32 Å². The fraction of sp³-hybridized carbons (Fsp3) is 0.320. The lowest BCUT2D eigenvalue weighted by atomic mass is 9.93. The molecule has 5 rings (SSSR count). The number of nitrogens with zero attached hydrogens (tertiary/aromatic N) is 3. The van der Waals surface area contributed by atoms with E-state index in [0.29, 0.717) is 19.1 Å². The topological polar surface area (TPSA) is 59.6 Å². The van der Waals surface area contributed by atoms with Crippen LogP contribution in [-0.2, 0) is 19.4 Å². The van der Waals surface area contributed by atoms with Crippen molar-refractivity contribution in [1.29, 1.82) is 0 Å². The Kier molecular flexibility index (Phi) is 4.93. The Morgan fingerprint density at radius 3 is 2.60 bits per heavy atom. The number of aryl methyl sites for hydroxylation is 1. The number of quaternary nitrogens is 1. The van der Waals surface area contributed by atoms with Crippen LogP contribution in [0.2, 0.25) is 0 Å². The number of para-hydroxylation sites is 2. The van der Waals surface area contributed by atoms with Gasteiger partial charge in [0.15, 0.2) is 0 Å². The van der Waals surface area contributed by atoms with Gasteiger partial charge in [-0.1, -0.05) is 36.4 Å². The van der Waals surface area contributed by atoms with Gasteiger partial charge in [0.25, 0.3) is 0 Å². The maximum absolute atomic E-state index is 10.8. The molecule has 0 amide bonds. The molecule has 0 saturated carbocycles. The lowest BCUT2D eigenvalue weighted by Crippen LogP contribution is -2.90. The van der Waals surface area contributed by atoms with Gasteiger partial charge in [0.1, 0.15) is 12.6 Å². The fourth-order valence-electron chi connectivity index (χ4n) is 4.69. The molecule has 2 aromatic carbocycles. The SMILES string of the molecule is CC(C)[NH2+]C[C@H](O)Cn1c2c(c3ccccc31)CCc1c-2cnn1-c1ccccc1. The van der Waals surface area contributed by atoms with Crippen LogP contribution in [0.4, 0.5) is 0 Å². The molecule has 0 radical (unpaired) electrons. The van der Waals surface area contributed by atoms with Crippen molar-refractivity contribution in [2.75, 3.05) is 6.54 Å². The minimum Gasteiger partial charge on any atom is -0.385 e. The summed E-state index contributed by atoms with van der Waals surface area (Å²) < 4.78 is 4.39. The van der Waals surface area contributed by atoms with Crippen LogP contribution in [0, 0.1) is 0 Å². The normalized spacial score (nSPS) is 14.1. The number of rotatable bonds is 6. The largest absolute Gasteiger partial charge is 0.385 e. The third kappa shape index (κ3) is 3.24. The van der Waals surface area contributed by atoms with E-state index in [0.717, 1.165) is 18.5 Å². The Morgan fingerprint density at radius 2 is 1.80 bits per heavy atom. The Hall–Kier alpha value is -2.89. The molecule has 5 nitrogen and oxygen atoms in total. The van der Waals surface area contributed by atoms with Gasteiger partial charge in [0.05, 0.1) is 35.9 Å². The molecular formula is C25H29N4O+. The van der Waals surface area contributed by atoms with Gasteiger partial charge in [0, 0.05) is 16.5 Å². The average Bonchev–Trinajstić information content (AvgIpc) is 3.33. The molecular weight excluding hydrogens is 372 g/mol. The van der Waals surface area contributed by atoms with E-state index in [4.69, 9.17) is 5.10 Å². The molecule has 30 heavy (non-hydrogen) atoms. The Bertz CT molecular complexity index is 1170. The van der Waals surface area contributed by atoms with Crippen LogP contribution in [0.5, 0.6) is 0 Å². The summed E-state index contributed by atoms with van der Waals surface area (Å²) in [4.78, 5) is 0. The highest BCUT2D eigenvalue weighted by atomic mass is 16.3. The molecule has 1 aliphatic carbocycles. The predicted molar refractivity (Wildman–Crippen MR) is 120 cm³/mol. The molecule has 0 spiro atoms. The highest BCUT2D eigenvalue weighted by Crippen LogP contribution is 2.40. The molecule has 0 fully saturated rings. The Balaban J connectivity index is 1.62. The highest BCUT2D eigenvalue weighted by Gasteiger charge is 2.28. The first-order valence-corrected chi connectivity index (χ1v) is 10.9.